The summed E-state index contributed by atoms with van der Waals surface area (Å²) in [5.41, 5.74) is 2.95. The average Bonchev–Trinajstić information content (AvgIpc) is 3.36. The molecule has 1 heterocycles. The Morgan fingerprint density at radius 1 is 0.841 bits per heavy atom. The maximum atomic E-state index is 12.8. The second-order valence-electron chi connectivity index (χ2n) is 18.4. The van der Waals surface area contributed by atoms with Crippen LogP contribution in [0.4, 0.5) is 0 Å². The van der Waals surface area contributed by atoms with Crippen molar-refractivity contribution in [3.8, 4) is 0 Å². The van der Waals surface area contributed by atoms with Crippen molar-refractivity contribution in [2.24, 2.45) is 56.7 Å². The lowest BCUT2D eigenvalue weighted by molar-refractivity contribution is -0.247. The molecule has 0 aromatic carbocycles. The van der Waals surface area contributed by atoms with Gasteiger partial charge in [0, 0.05) is 39.1 Å². The van der Waals surface area contributed by atoms with E-state index >= 15 is 0 Å². The third-order valence-corrected chi connectivity index (χ3v) is 16.4. The van der Waals surface area contributed by atoms with E-state index in [9.17, 15) is 9.90 Å². The molecule has 0 bridgehead atoms. The fourth-order valence-electron chi connectivity index (χ4n) is 13.6. The van der Waals surface area contributed by atoms with Crippen molar-refractivity contribution in [2.75, 3.05) is 46.3 Å². The molecule has 0 aromatic rings. The first-order valence-electron chi connectivity index (χ1n) is 18.7. The Kier molecular flexibility index (Phi) is 8.74. The van der Waals surface area contributed by atoms with Crippen molar-refractivity contribution < 1.29 is 9.90 Å². The minimum absolute atomic E-state index is 0.0202. The third kappa shape index (κ3) is 4.99. The number of hydrogen-bond acceptors (Lipinski definition) is 4. The molecule has 5 aliphatic carbocycles. The van der Waals surface area contributed by atoms with Crippen LogP contribution >= 0.6 is 0 Å². The molecular weight excluding hydrogens is 542 g/mol. The zero-order chi connectivity index (χ0) is 31.7. The minimum atomic E-state index is -0.152. The maximum Gasteiger partial charge on any atom is 0.223 e. The second-order valence-corrected chi connectivity index (χ2v) is 18.4. The van der Waals surface area contributed by atoms with Crippen LogP contribution in [0.3, 0.4) is 0 Å². The zero-order valence-corrected chi connectivity index (χ0v) is 29.6. The van der Waals surface area contributed by atoms with Crippen LogP contribution in [0.1, 0.15) is 119 Å². The van der Waals surface area contributed by atoms with Gasteiger partial charge >= 0.3 is 0 Å². The van der Waals surface area contributed by atoms with Gasteiger partial charge in [0.1, 0.15) is 0 Å². The Morgan fingerprint density at radius 2 is 1.57 bits per heavy atom. The molecule has 1 amide bonds. The SMILES string of the molecule is C=C(C)[C@@H]1CC[C@]2(CCNCCC(=O)N3CCN(C)CC3)CC[C@]3(C)[C@H](CC[C@@H]4[C@@]5(C)CC[C@H](O)C(C)(C)[C@@H]5CC[C@]43C)[C@@H]12. The fourth-order valence-corrected chi connectivity index (χ4v) is 13.6. The van der Waals surface area contributed by atoms with Crippen LogP contribution in [0.5, 0.6) is 0 Å². The van der Waals surface area contributed by atoms with Crippen molar-refractivity contribution in [2.45, 2.75) is 125 Å². The van der Waals surface area contributed by atoms with Gasteiger partial charge in [0.25, 0.3) is 0 Å². The monoisotopic (exact) mass is 610 g/mol. The molecule has 6 aliphatic rings. The van der Waals surface area contributed by atoms with Gasteiger partial charge in [-0.05, 0) is 148 Å². The number of likely N-dealkylation sites (N-methyl/N-ethyl adjacent to an activating group) is 1. The highest BCUT2D eigenvalue weighted by Gasteiger charge is 2.70. The van der Waals surface area contributed by atoms with E-state index in [4.69, 9.17) is 0 Å². The Morgan fingerprint density at radius 3 is 2.27 bits per heavy atom. The maximum absolute atomic E-state index is 12.8. The molecule has 5 nitrogen and oxygen atoms in total. The summed E-state index contributed by atoms with van der Waals surface area (Å²) in [6.07, 6.45) is 14.7. The number of nitrogens with one attached hydrogen (secondary N) is 1. The zero-order valence-electron chi connectivity index (χ0n) is 29.6. The van der Waals surface area contributed by atoms with Gasteiger partial charge < -0.3 is 20.2 Å². The number of rotatable bonds is 7. The topological polar surface area (TPSA) is 55.8 Å². The van der Waals surface area contributed by atoms with Crippen LogP contribution in [0.15, 0.2) is 12.2 Å². The number of hydrogen-bond donors (Lipinski definition) is 2. The van der Waals surface area contributed by atoms with Crippen molar-refractivity contribution >= 4 is 5.91 Å². The van der Waals surface area contributed by atoms with Gasteiger partial charge in [-0.25, -0.2) is 0 Å². The molecule has 5 saturated carbocycles. The highest BCUT2D eigenvalue weighted by atomic mass is 16.3. The van der Waals surface area contributed by atoms with Gasteiger partial charge in [-0.2, -0.15) is 0 Å². The van der Waals surface area contributed by atoms with Crippen molar-refractivity contribution in [1.82, 2.24) is 15.1 Å². The molecule has 250 valence electrons. The van der Waals surface area contributed by atoms with Crippen LogP contribution < -0.4 is 5.32 Å². The third-order valence-electron chi connectivity index (χ3n) is 16.4. The Balaban J connectivity index is 1.16. The summed E-state index contributed by atoms with van der Waals surface area (Å²) in [5.74, 6) is 3.90. The molecule has 6 fully saturated rings. The van der Waals surface area contributed by atoms with Gasteiger partial charge in [-0.1, -0.05) is 46.8 Å². The number of amides is 1. The molecule has 2 N–H and O–H groups in total. The summed E-state index contributed by atoms with van der Waals surface area (Å²) in [7, 11) is 2.14. The molecule has 0 radical (unpaired) electrons. The van der Waals surface area contributed by atoms with Crippen molar-refractivity contribution in [3.63, 3.8) is 0 Å². The smallest absolute Gasteiger partial charge is 0.223 e. The van der Waals surface area contributed by atoms with Crippen molar-refractivity contribution in [3.05, 3.63) is 12.2 Å². The van der Waals surface area contributed by atoms with E-state index in [1.54, 1.807) is 0 Å². The summed E-state index contributed by atoms with van der Waals surface area (Å²) in [5, 5.41) is 14.8. The first-order valence-corrected chi connectivity index (χ1v) is 18.7. The van der Waals surface area contributed by atoms with Crippen LogP contribution in [-0.2, 0) is 4.79 Å². The number of carbonyl (C=O) groups is 1. The number of piperazine rings is 1. The van der Waals surface area contributed by atoms with Crippen molar-refractivity contribution in [1.29, 1.82) is 0 Å². The largest absolute Gasteiger partial charge is 0.393 e. The quantitative estimate of drug-likeness (QED) is 0.238. The van der Waals surface area contributed by atoms with E-state index in [2.05, 4.69) is 70.3 Å². The summed E-state index contributed by atoms with van der Waals surface area (Å²) >= 11 is 0. The Hall–Kier alpha value is -0.910. The predicted molar refractivity (Wildman–Crippen MR) is 181 cm³/mol. The first kappa shape index (κ1) is 33.0. The lowest BCUT2D eigenvalue weighted by atomic mass is 9.32. The molecular formula is C39H67N3O2. The normalized spacial score (nSPS) is 46.9. The summed E-state index contributed by atoms with van der Waals surface area (Å²) < 4.78 is 0. The summed E-state index contributed by atoms with van der Waals surface area (Å²) in [6.45, 7) is 25.4. The van der Waals surface area contributed by atoms with E-state index in [0.29, 0.717) is 45.8 Å². The number of aliphatic hydroxyl groups excluding tert-OH is 1. The van der Waals surface area contributed by atoms with Gasteiger partial charge in [-0.3, -0.25) is 4.79 Å². The van der Waals surface area contributed by atoms with E-state index in [-0.39, 0.29) is 11.5 Å². The molecule has 1 aliphatic heterocycles. The predicted octanol–water partition coefficient (Wildman–Crippen LogP) is 7.15. The van der Waals surface area contributed by atoms with Gasteiger partial charge in [0.05, 0.1) is 6.10 Å². The number of fused-ring (bicyclic) bond motifs is 7. The molecule has 5 heteroatoms. The van der Waals surface area contributed by atoms with E-state index < -0.39 is 0 Å². The molecule has 0 spiro atoms. The number of nitrogens with zero attached hydrogens (tertiary/aromatic N) is 2. The number of carbonyl (C=O) groups excluding carboxylic acids is 1. The number of allylic oxidation sites excluding steroid dienone is 1. The first-order chi connectivity index (χ1) is 20.7. The highest BCUT2D eigenvalue weighted by Crippen LogP contribution is 2.77. The van der Waals surface area contributed by atoms with Crippen LogP contribution in [-0.4, -0.2) is 73.2 Å². The summed E-state index contributed by atoms with van der Waals surface area (Å²) in [4.78, 5) is 17.2. The molecule has 44 heavy (non-hydrogen) atoms. The Labute approximate surface area is 270 Å². The minimum Gasteiger partial charge on any atom is -0.393 e. The second kappa shape index (κ2) is 11.7. The van der Waals surface area contributed by atoms with Crippen LogP contribution in [0, 0.1) is 56.7 Å². The number of aliphatic hydroxyl groups is 1. The lowest BCUT2D eigenvalue weighted by Crippen LogP contribution is -2.66. The highest BCUT2D eigenvalue weighted by molar-refractivity contribution is 5.76. The molecule has 10 atom stereocenters. The van der Waals surface area contributed by atoms with E-state index in [1.165, 1.54) is 69.8 Å². The molecule has 6 rings (SSSR count). The van der Waals surface area contributed by atoms with E-state index in [0.717, 1.165) is 63.4 Å². The average molecular weight is 610 g/mol. The van der Waals surface area contributed by atoms with E-state index in [1.807, 2.05) is 0 Å². The fraction of sp³-hybridized carbons (Fsp3) is 0.923. The molecule has 0 aromatic heterocycles. The summed E-state index contributed by atoms with van der Waals surface area (Å²) in [6, 6.07) is 0. The standard InChI is InChI=1S/C39H67N3O2/c1-27(2)28-11-17-39(20-22-40-21-14-33(44)42-25-23-41(8)24-26-42)19-18-37(6)29(34(28)39)9-10-31-36(5)15-13-32(43)35(3,4)30(36)12-16-38(31,37)7/h28-32,34,40,43H,1,9-26H2,2-8H3/t28-,29+,30-,31+,32-,34+,36-,37+,38+,39+/m0/s1. The molecule has 1 saturated heterocycles. The van der Waals surface area contributed by atoms with Crippen LogP contribution in [0.2, 0.25) is 0 Å². The van der Waals surface area contributed by atoms with Gasteiger partial charge in [0.2, 0.25) is 5.91 Å². The lowest BCUT2D eigenvalue weighted by Gasteiger charge is -2.73. The van der Waals surface area contributed by atoms with Gasteiger partial charge in [0.15, 0.2) is 0 Å². The van der Waals surface area contributed by atoms with Crippen LogP contribution in [0.25, 0.3) is 0 Å². The van der Waals surface area contributed by atoms with Gasteiger partial charge in [-0.15, -0.1) is 0 Å². The Bertz CT molecular complexity index is 1100. The molecule has 0 unspecified atom stereocenters.